The third-order valence-corrected chi connectivity index (χ3v) is 1.91. The van der Waals surface area contributed by atoms with E-state index in [1.807, 2.05) is 0 Å². The van der Waals surface area contributed by atoms with Crippen molar-refractivity contribution in [2.75, 3.05) is 0 Å². The lowest BCUT2D eigenvalue weighted by Gasteiger charge is -2.07. The average molecular weight is 222 g/mol. The minimum atomic E-state index is -1.29. The molecule has 0 aliphatic carbocycles. The Bertz CT molecular complexity index is 378. The van der Waals surface area contributed by atoms with Crippen molar-refractivity contribution in [1.82, 2.24) is 0 Å². The Morgan fingerprint density at radius 1 is 1.14 bits per heavy atom. The van der Waals surface area contributed by atoms with Crippen molar-refractivity contribution in [2.45, 2.75) is 0 Å². The first-order valence-electron chi connectivity index (χ1n) is 3.30. The maximum absolute atomic E-state index is 13.1. The number of aromatic hydroxyl groups is 3. The highest BCUT2D eigenvalue weighted by molar-refractivity contribution is 6.34. The van der Waals surface area contributed by atoms with E-state index in [1.54, 1.807) is 0 Å². The molecule has 1 rings (SSSR count). The van der Waals surface area contributed by atoms with E-state index in [4.69, 9.17) is 32.1 Å². The zero-order valence-corrected chi connectivity index (χ0v) is 7.33. The predicted octanol–water partition coefficient (Wildman–Crippen LogP) is 1.40. The van der Waals surface area contributed by atoms with Crippen molar-refractivity contribution in [2.24, 2.45) is 5.16 Å². The summed E-state index contributed by atoms with van der Waals surface area (Å²) >= 11 is 5.39. The van der Waals surface area contributed by atoms with Crippen LogP contribution in [-0.4, -0.2) is 26.7 Å². The average Bonchev–Trinajstić information content (AvgIpc) is 2.19. The van der Waals surface area contributed by atoms with Gasteiger partial charge in [-0.05, 0) is 0 Å². The number of halogens is 2. The molecule has 1 aromatic rings. The van der Waals surface area contributed by atoms with Gasteiger partial charge in [-0.1, -0.05) is 16.8 Å². The summed E-state index contributed by atoms with van der Waals surface area (Å²) in [6.45, 7) is 0. The zero-order valence-electron chi connectivity index (χ0n) is 6.57. The molecule has 0 unspecified atom stereocenters. The SMILES string of the molecule is O/N=C/c1c(F)c(O)c(O)c(O)c1Cl. The summed E-state index contributed by atoms with van der Waals surface area (Å²) < 4.78 is 13.1. The van der Waals surface area contributed by atoms with E-state index >= 15 is 0 Å². The highest BCUT2D eigenvalue weighted by atomic mass is 35.5. The van der Waals surface area contributed by atoms with Crippen LogP contribution in [0.25, 0.3) is 0 Å². The van der Waals surface area contributed by atoms with Crippen LogP contribution in [-0.2, 0) is 0 Å². The number of benzene rings is 1. The molecule has 0 saturated carbocycles. The van der Waals surface area contributed by atoms with Crippen molar-refractivity contribution >= 4 is 17.8 Å². The van der Waals surface area contributed by atoms with Gasteiger partial charge < -0.3 is 20.5 Å². The van der Waals surface area contributed by atoms with Gasteiger partial charge in [-0.2, -0.15) is 0 Å². The molecular weight excluding hydrogens is 217 g/mol. The van der Waals surface area contributed by atoms with Crippen LogP contribution in [0.15, 0.2) is 5.16 Å². The molecular formula is C7H5ClFNO4. The van der Waals surface area contributed by atoms with Crippen LogP contribution in [0.5, 0.6) is 17.2 Å². The van der Waals surface area contributed by atoms with Gasteiger partial charge in [-0.15, -0.1) is 0 Å². The largest absolute Gasteiger partial charge is 0.503 e. The third kappa shape index (κ3) is 1.39. The van der Waals surface area contributed by atoms with E-state index in [0.29, 0.717) is 6.21 Å². The normalized spacial score (nSPS) is 11.0. The van der Waals surface area contributed by atoms with Gasteiger partial charge in [-0.25, -0.2) is 4.39 Å². The summed E-state index contributed by atoms with van der Waals surface area (Å²) in [6, 6.07) is 0. The second-order valence-corrected chi connectivity index (χ2v) is 2.71. The minimum Gasteiger partial charge on any atom is -0.503 e. The Morgan fingerprint density at radius 2 is 1.71 bits per heavy atom. The van der Waals surface area contributed by atoms with Gasteiger partial charge in [0.2, 0.25) is 5.75 Å². The number of hydrogen-bond acceptors (Lipinski definition) is 5. The molecule has 5 nitrogen and oxygen atoms in total. The van der Waals surface area contributed by atoms with Crippen LogP contribution in [0.2, 0.25) is 5.02 Å². The lowest BCUT2D eigenvalue weighted by molar-refractivity contribution is 0.321. The first kappa shape index (κ1) is 10.4. The van der Waals surface area contributed by atoms with Gasteiger partial charge in [0.25, 0.3) is 0 Å². The lowest BCUT2D eigenvalue weighted by Crippen LogP contribution is -1.92. The summed E-state index contributed by atoms with van der Waals surface area (Å²) in [7, 11) is 0. The van der Waals surface area contributed by atoms with Crippen LogP contribution in [0.4, 0.5) is 4.39 Å². The Kier molecular flexibility index (Phi) is 2.66. The molecule has 0 amide bonds. The topological polar surface area (TPSA) is 93.3 Å². The molecule has 0 radical (unpaired) electrons. The molecule has 0 heterocycles. The van der Waals surface area contributed by atoms with Crippen molar-refractivity contribution in [3.63, 3.8) is 0 Å². The van der Waals surface area contributed by atoms with Crippen molar-refractivity contribution in [3.8, 4) is 17.2 Å². The van der Waals surface area contributed by atoms with E-state index in [2.05, 4.69) is 5.16 Å². The molecule has 0 bridgehead atoms. The Labute approximate surface area is 82.3 Å². The van der Waals surface area contributed by atoms with Crippen LogP contribution in [0.3, 0.4) is 0 Å². The summed E-state index contributed by atoms with van der Waals surface area (Å²) in [6.07, 6.45) is 0.580. The molecule has 1 aromatic carbocycles. The van der Waals surface area contributed by atoms with Gasteiger partial charge in [0.05, 0.1) is 16.8 Å². The van der Waals surface area contributed by atoms with E-state index < -0.39 is 33.7 Å². The fourth-order valence-electron chi connectivity index (χ4n) is 0.843. The molecule has 0 fully saturated rings. The Balaban J connectivity index is 3.59. The molecule has 0 atom stereocenters. The maximum atomic E-state index is 13.1. The van der Waals surface area contributed by atoms with E-state index in [0.717, 1.165) is 0 Å². The monoisotopic (exact) mass is 221 g/mol. The molecule has 7 heteroatoms. The fourth-order valence-corrected chi connectivity index (χ4v) is 1.06. The molecule has 0 saturated heterocycles. The van der Waals surface area contributed by atoms with Gasteiger partial charge in [0, 0.05) is 0 Å². The quantitative estimate of drug-likeness (QED) is 0.250. The highest BCUT2D eigenvalue weighted by Crippen LogP contribution is 2.44. The first-order valence-corrected chi connectivity index (χ1v) is 3.67. The smallest absolute Gasteiger partial charge is 0.205 e. The summed E-state index contributed by atoms with van der Waals surface area (Å²) in [5.41, 5.74) is -0.526. The van der Waals surface area contributed by atoms with Crippen molar-refractivity contribution in [3.05, 3.63) is 16.4 Å². The maximum Gasteiger partial charge on any atom is 0.205 e. The van der Waals surface area contributed by atoms with Crippen LogP contribution >= 0.6 is 11.6 Å². The van der Waals surface area contributed by atoms with Crippen molar-refractivity contribution < 1.29 is 24.9 Å². The minimum absolute atomic E-state index is 0.526. The van der Waals surface area contributed by atoms with Gasteiger partial charge >= 0.3 is 0 Å². The lowest BCUT2D eigenvalue weighted by atomic mass is 10.2. The van der Waals surface area contributed by atoms with E-state index in [1.165, 1.54) is 0 Å². The number of nitrogens with zero attached hydrogens (tertiary/aromatic N) is 1. The van der Waals surface area contributed by atoms with Crippen molar-refractivity contribution in [1.29, 1.82) is 0 Å². The molecule has 0 spiro atoms. The third-order valence-electron chi connectivity index (χ3n) is 1.52. The molecule has 14 heavy (non-hydrogen) atoms. The van der Waals surface area contributed by atoms with Crippen LogP contribution in [0, 0.1) is 5.82 Å². The Hall–Kier alpha value is -1.69. The highest BCUT2D eigenvalue weighted by Gasteiger charge is 2.21. The van der Waals surface area contributed by atoms with Crippen LogP contribution in [0.1, 0.15) is 5.56 Å². The fraction of sp³-hybridized carbons (Fsp3) is 0. The molecule has 0 aromatic heterocycles. The summed E-state index contributed by atoms with van der Waals surface area (Å²) in [5.74, 6) is -4.41. The molecule has 0 aliphatic rings. The standard InChI is InChI=1S/C7H5ClFNO4/c8-3-2(1-10-14)4(9)6(12)7(13)5(3)11/h1,11-14H/b10-1+. The predicted molar refractivity (Wildman–Crippen MR) is 45.8 cm³/mol. The Morgan fingerprint density at radius 3 is 2.21 bits per heavy atom. The number of phenolic OH excluding ortho intramolecular Hbond substituents is 3. The van der Waals surface area contributed by atoms with E-state index in [-0.39, 0.29) is 0 Å². The van der Waals surface area contributed by atoms with E-state index in [9.17, 15) is 4.39 Å². The van der Waals surface area contributed by atoms with Gasteiger partial charge in [0.1, 0.15) is 0 Å². The summed E-state index contributed by atoms with van der Waals surface area (Å²) in [5, 5.41) is 37.0. The van der Waals surface area contributed by atoms with Gasteiger partial charge in [0.15, 0.2) is 17.3 Å². The second-order valence-electron chi connectivity index (χ2n) is 2.33. The number of oxime groups is 1. The van der Waals surface area contributed by atoms with Gasteiger partial charge in [-0.3, -0.25) is 0 Å². The second kappa shape index (κ2) is 3.59. The molecule has 4 N–H and O–H groups in total. The number of hydrogen-bond donors (Lipinski definition) is 4. The molecule has 76 valence electrons. The van der Waals surface area contributed by atoms with Crippen LogP contribution < -0.4 is 0 Å². The molecule has 0 aliphatic heterocycles. The zero-order chi connectivity index (χ0) is 10.9. The summed E-state index contributed by atoms with van der Waals surface area (Å²) in [4.78, 5) is 0. The first-order chi connectivity index (χ1) is 6.50. The number of rotatable bonds is 1. The number of phenols is 3.